The molecule has 0 fully saturated rings. The highest BCUT2D eigenvalue weighted by molar-refractivity contribution is 6.17. The summed E-state index contributed by atoms with van der Waals surface area (Å²) in [6, 6.07) is 12.4. The number of hydrogen-bond acceptors (Lipinski definition) is 0. The molecular weight excluding hydrogens is 194 g/mol. The summed E-state index contributed by atoms with van der Waals surface area (Å²) in [7, 11) is 0. The number of hydrogen-bond donors (Lipinski definition) is 0. The molecule has 0 saturated heterocycles. The summed E-state index contributed by atoms with van der Waals surface area (Å²) < 4.78 is 2.15. The minimum atomic E-state index is 0.585. The maximum atomic E-state index is 5.73. The van der Waals surface area contributed by atoms with Crippen LogP contribution in [0.3, 0.4) is 0 Å². The summed E-state index contributed by atoms with van der Waals surface area (Å²) in [4.78, 5) is 0. The smallest absolute Gasteiger partial charge is 0.0489 e. The Morgan fingerprint density at radius 1 is 1.00 bits per heavy atom. The molecule has 2 heteroatoms. The van der Waals surface area contributed by atoms with Crippen LogP contribution in [0.25, 0.3) is 0 Å². The largest absolute Gasteiger partial charge is 0.350 e. The molecule has 0 N–H and O–H groups in total. The molecule has 0 spiro atoms. The van der Waals surface area contributed by atoms with Crippen LogP contribution in [0, 0.1) is 0 Å². The zero-order valence-corrected chi connectivity index (χ0v) is 8.61. The SMILES string of the molecule is ClCc1ccn(Cc2ccccc2)c1. The fourth-order valence-electron chi connectivity index (χ4n) is 1.46. The molecule has 0 radical (unpaired) electrons. The molecule has 1 nitrogen and oxygen atoms in total. The van der Waals surface area contributed by atoms with Gasteiger partial charge in [-0.05, 0) is 17.2 Å². The number of benzene rings is 1. The van der Waals surface area contributed by atoms with Crippen molar-refractivity contribution < 1.29 is 0 Å². The first kappa shape index (κ1) is 9.35. The van der Waals surface area contributed by atoms with E-state index in [0.717, 1.165) is 6.54 Å². The summed E-state index contributed by atoms with van der Waals surface area (Å²) in [5.74, 6) is 0.585. The Bertz CT molecular complexity index is 392. The van der Waals surface area contributed by atoms with Crippen LogP contribution >= 0.6 is 11.6 Å². The van der Waals surface area contributed by atoms with Gasteiger partial charge < -0.3 is 4.57 Å². The van der Waals surface area contributed by atoms with Crippen LogP contribution in [0.2, 0.25) is 0 Å². The Labute approximate surface area is 88.9 Å². The topological polar surface area (TPSA) is 4.93 Å². The van der Waals surface area contributed by atoms with E-state index in [1.807, 2.05) is 6.07 Å². The van der Waals surface area contributed by atoms with E-state index in [2.05, 4.69) is 47.3 Å². The molecule has 2 rings (SSSR count). The van der Waals surface area contributed by atoms with Gasteiger partial charge in [0.25, 0.3) is 0 Å². The van der Waals surface area contributed by atoms with Gasteiger partial charge in [-0.1, -0.05) is 30.3 Å². The Kier molecular flexibility index (Phi) is 2.90. The third-order valence-electron chi connectivity index (χ3n) is 2.17. The maximum absolute atomic E-state index is 5.73. The highest BCUT2D eigenvalue weighted by atomic mass is 35.5. The monoisotopic (exact) mass is 205 g/mol. The number of nitrogens with zero attached hydrogens (tertiary/aromatic N) is 1. The first-order valence-corrected chi connectivity index (χ1v) is 5.16. The summed E-state index contributed by atoms with van der Waals surface area (Å²) >= 11 is 5.73. The average molecular weight is 206 g/mol. The van der Waals surface area contributed by atoms with E-state index in [1.54, 1.807) is 0 Å². The lowest BCUT2D eigenvalue weighted by molar-refractivity contribution is 0.804. The molecule has 72 valence electrons. The van der Waals surface area contributed by atoms with E-state index in [1.165, 1.54) is 11.1 Å². The van der Waals surface area contributed by atoms with Gasteiger partial charge in [-0.25, -0.2) is 0 Å². The van der Waals surface area contributed by atoms with Crippen molar-refractivity contribution in [3.63, 3.8) is 0 Å². The molecule has 0 saturated carbocycles. The van der Waals surface area contributed by atoms with Crippen molar-refractivity contribution in [2.45, 2.75) is 12.4 Å². The molecule has 0 unspecified atom stereocenters. The van der Waals surface area contributed by atoms with Crippen LogP contribution in [-0.4, -0.2) is 4.57 Å². The van der Waals surface area contributed by atoms with Gasteiger partial charge in [-0.2, -0.15) is 0 Å². The zero-order chi connectivity index (χ0) is 9.80. The van der Waals surface area contributed by atoms with Crippen LogP contribution in [0.1, 0.15) is 11.1 Å². The Hall–Kier alpha value is -1.21. The third kappa shape index (κ3) is 2.18. The first-order valence-electron chi connectivity index (χ1n) is 4.63. The Balaban J connectivity index is 2.11. The maximum Gasteiger partial charge on any atom is 0.0489 e. The quantitative estimate of drug-likeness (QED) is 0.678. The Morgan fingerprint density at radius 2 is 1.79 bits per heavy atom. The van der Waals surface area contributed by atoms with Crippen molar-refractivity contribution >= 4 is 11.6 Å². The van der Waals surface area contributed by atoms with Crippen LogP contribution < -0.4 is 0 Å². The predicted molar refractivity (Wildman–Crippen MR) is 59.5 cm³/mol. The van der Waals surface area contributed by atoms with Gasteiger partial charge in [-0.3, -0.25) is 0 Å². The first-order chi connectivity index (χ1) is 6.88. The standard InChI is InChI=1S/C12H12ClN/c13-8-12-6-7-14(10-12)9-11-4-2-1-3-5-11/h1-7,10H,8-9H2. The van der Waals surface area contributed by atoms with Gasteiger partial charge in [0.2, 0.25) is 0 Å². The fourth-order valence-corrected chi connectivity index (χ4v) is 1.62. The summed E-state index contributed by atoms with van der Waals surface area (Å²) in [6.45, 7) is 0.914. The fraction of sp³-hybridized carbons (Fsp3) is 0.167. The van der Waals surface area contributed by atoms with Crippen molar-refractivity contribution in [2.75, 3.05) is 0 Å². The van der Waals surface area contributed by atoms with Crippen molar-refractivity contribution in [1.82, 2.24) is 4.57 Å². The summed E-state index contributed by atoms with van der Waals surface area (Å²) in [5, 5.41) is 0. The van der Waals surface area contributed by atoms with Crippen LogP contribution in [-0.2, 0) is 12.4 Å². The van der Waals surface area contributed by atoms with Crippen LogP contribution in [0.15, 0.2) is 48.8 Å². The third-order valence-corrected chi connectivity index (χ3v) is 2.48. The number of aromatic nitrogens is 1. The number of rotatable bonds is 3. The lowest BCUT2D eigenvalue weighted by atomic mass is 10.2. The van der Waals surface area contributed by atoms with Crippen LogP contribution in [0.5, 0.6) is 0 Å². The second-order valence-electron chi connectivity index (χ2n) is 3.31. The van der Waals surface area contributed by atoms with Gasteiger partial charge in [0.1, 0.15) is 0 Å². The number of alkyl halides is 1. The van der Waals surface area contributed by atoms with E-state index >= 15 is 0 Å². The van der Waals surface area contributed by atoms with Crippen molar-refractivity contribution in [1.29, 1.82) is 0 Å². The molecule has 2 aromatic rings. The van der Waals surface area contributed by atoms with E-state index < -0.39 is 0 Å². The highest BCUT2D eigenvalue weighted by Gasteiger charge is 1.96. The summed E-state index contributed by atoms with van der Waals surface area (Å²) in [5.41, 5.74) is 2.48. The molecule has 14 heavy (non-hydrogen) atoms. The molecule has 1 aromatic heterocycles. The average Bonchev–Trinajstić information content (AvgIpc) is 2.67. The molecule has 0 aliphatic rings. The minimum absolute atomic E-state index is 0.585. The molecule has 0 aliphatic carbocycles. The van der Waals surface area contributed by atoms with E-state index in [-0.39, 0.29) is 0 Å². The van der Waals surface area contributed by atoms with Gasteiger partial charge >= 0.3 is 0 Å². The van der Waals surface area contributed by atoms with Gasteiger partial charge in [0.15, 0.2) is 0 Å². The van der Waals surface area contributed by atoms with Crippen molar-refractivity contribution in [3.05, 3.63) is 59.9 Å². The van der Waals surface area contributed by atoms with E-state index in [0.29, 0.717) is 5.88 Å². The number of halogens is 1. The van der Waals surface area contributed by atoms with Crippen LogP contribution in [0.4, 0.5) is 0 Å². The lowest BCUT2D eigenvalue weighted by Crippen LogP contribution is -1.95. The summed E-state index contributed by atoms with van der Waals surface area (Å²) in [6.07, 6.45) is 4.14. The molecule has 0 amide bonds. The van der Waals surface area contributed by atoms with Crippen molar-refractivity contribution in [2.24, 2.45) is 0 Å². The van der Waals surface area contributed by atoms with Crippen molar-refractivity contribution in [3.8, 4) is 0 Å². The second-order valence-corrected chi connectivity index (χ2v) is 3.58. The highest BCUT2D eigenvalue weighted by Crippen LogP contribution is 2.07. The van der Waals surface area contributed by atoms with E-state index in [9.17, 15) is 0 Å². The normalized spacial score (nSPS) is 10.4. The molecule has 1 heterocycles. The lowest BCUT2D eigenvalue weighted by Gasteiger charge is -2.01. The zero-order valence-electron chi connectivity index (χ0n) is 7.86. The molecule has 0 bridgehead atoms. The van der Waals surface area contributed by atoms with E-state index in [4.69, 9.17) is 11.6 Å². The van der Waals surface area contributed by atoms with Gasteiger partial charge in [0.05, 0.1) is 0 Å². The minimum Gasteiger partial charge on any atom is -0.350 e. The van der Waals surface area contributed by atoms with Gasteiger partial charge in [-0.15, -0.1) is 11.6 Å². The Morgan fingerprint density at radius 3 is 2.43 bits per heavy atom. The molecular formula is C12H12ClN. The molecule has 0 atom stereocenters. The second kappa shape index (κ2) is 4.34. The van der Waals surface area contributed by atoms with Gasteiger partial charge in [0, 0.05) is 24.8 Å². The molecule has 0 aliphatic heterocycles. The predicted octanol–water partition coefficient (Wildman–Crippen LogP) is 3.28. The molecule has 1 aromatic carbocycles.